The Bertz CT molecular complexity index is 403. The number of alkyl halides is 1. The maximum Gasteiger partial charge on any atom is 0.251 e. The Kier molecular flexibility index (Phi) is 3.49. The van der Waals surface area contributed by atoms with Crippen LogP contribution in [0.15, 0.2) is 18.2 Å². The molecule has 0 aromatic heterocycles. The highest BCUT2D eigenvalue weighted by Gasteiger charge is 2.18. The van der Waals surface area contributed by atoms with Gasteiger partial charge in [-0.15, -0.1) is 11.6 Å². The number of hydrogen-bond donors (Lipinski definition) is 1. The molecule has 1 heterocycles. The van der Waals surface area contributed by atoms with E-state index in [0.29, 0.717) is 0 Å². The molecule has 16 heavy (non-hydrogen) atoms. The predicted octanol–water partition coefficient (Wildman–Crippen LogP) is 3.05. The molecule has 1 aromatic carbocycles. The summed E-state index contributed by atoms with van der Waals surface area (Å²) in [7, 11) is 0. The zero-order chi connectivity index (χ0) is 11.5. The minimum atomic E-state index is 0.0185. The SMILES string of the molecule is CCCC(Cl)c1ccc2c(c1)C(=O)NCC2. The average molecular weight is 238 g/mol. The fourth-order valence-electron chi connectivity index (χ4n) is 2.04. The van der Waals surface area contributed by atoms with Crippen LogP contribution in [0.4, 0.5) is 0 Å². The van der Waals surface area contributed by atoms with Gasteiger partial charge in [0.1, 0.15) is 0 Å². The highest BCUT2D eigenvalue weighted by Crippen LogP contribution is 2.28. The zero-order valence-corrected chi connectivity index (χ0v) is 10.2. The van der Waals surface area contributed by atoms with Gasteiger partial charge in [0.2, 0.25) is 0 Å². The van der Waals surface area contributed by atoms with E-state index < -0.39 is 0 Å². The summed E-state index contributed by atoms with van der Waals surface area (Å²) >= 11 is 6.26. The average Bonchev–Trinajstić information content (AvgIpc) is 2.29. The number of rotatable bonds is 3. The van der Waals surface area contributed by atoms with Crippen molar-refractivity contribution in [2.45, 2.75) is 31.6 Å². The van der Waals surface area contributed by atoms with E-state index >= 15 is 0 Å². The van der Waals surface area contributed by atoms with Gasteiger partial charge >= 0.3 is 0 Å². The lowest BCUT2D eigenvalue weighted by atomic mass is 9.96. The Morgan fingerprint density at radius 3 is 3.06 bits per heavy atom. The summed E-state index contributed by atoms with van der Waals surface area (Å²) in [6.45, 7) is 2.85. The molecule has 1 aromatic rings. The molecule has 0 saturated carbocycles. The summed E-state index contributed by atoms with van der Waals surface area (Å²) in [5.74, 6) is 0.0310. The second kappa shape index (κ2) is 4.88. The van der Waals surface area contributed by atoms with Gasteiger partial charge < -0.3 is 5.32 Å². The molecular weight excluding hydrogens is 222 g/mol. The Morgan fingerprint density at radius 2 is 2.31 bits per heavy atom. The normalized spacial score (nSPS) is 16.5. The van der Waals surface area contributed by atoms with Crippen LogP contribution in [0.3, 0.4) is 0 Å². The quantitative estimate of drug-likeness (QED) is 0.805. The van der Waals surface area contributed by atoms with Crippen LogP contribution in [0.5, 0.6) is 0 Å². The first-order chi connectivity index (χ1) is 7.72. The van der Waals surface area contributed by atoms with Gasteiger partial charge in [0.25, 0.3) is 5.91 Å². The van der Waals surface area contributed by atoms with Crippen molar-refractivity contribution < 1.29 is 4.79 Å². The molecule has 3 heteroatoms. The smallest absolute Gasteiger partial charge is 0.251 e. The molecule has 1 N–H and O–H groups in total. The molecule has 1 unspecified atom stereocenters. The minimum Gasteiger partial charge on any atom is -0.352 e. The van der Waals surface area contributed by atoms with Gasteiger partial charge in [0.05, 0.1) is 5.38 Å². The van der Waals surface area contributed by atoms with E-state index in [1.54, 1.807) is 0 Å². The van der Waals surface area contributed by atoms with Crippen LogP contribution in [0.1, 0.15) is 46.6 Å². The fraction of sp³-hybridized carbons (Fsp3) is 0.462. The Balaban J connectivity index is 2.30. The van der Waals surface area contributed by atoms with Crippen molar-refractivity contribution in [1.29, 1.82) is 0 Å². The molecule has 1 aliphatic heterocycles. The summed E-state index contributed by atoms with van der Waals surface area (Å²) in [5, 5.41) is 2.87. The second-order valence-electron chi connectivity index (χ2n) is 4.18. The van der Waals surface area contributed by atoms with Gasteiger partial charge in [-0.25, -0.2) is 0 Å². The van der Waals surface area contributed by atoms with Crippen molar-refractivity contribution in [2.75, 3.05) is 6.54 Å². The number of carbonyl (C=O) groups is 1. The summed E-state index contributed by atoms with van der Waals surface area (Å²) in [5.41, 5.74) is 2.98. The van der Waals surface area contributed by atoms with E-state index in [1.807, 2.05) is 18.2 Å². The molecule has 86 valence electrons. The largest absolute Gasteiger partial charge is 0.352 e. The van der Waals surface area contributed by atoms with Crippen molar-refractivity contribution in [3.05, 3.63) is 34.9 Å². The van der Waals surface area contributed by atoms with Crippen LogP contribution in [-0.2, 0) is 6.42 Å². The van der Waals surface area contributed by atoms with E-state index in [2.05, 4.69) is 12.2 Å². The van der Waals surface area contributed by atoms with Crippen LogP contribution >= 0.6 is 11.6 Å². The fourth-order valence-corrected chi connectivity index (χ4v) is 2.40. The third-order valence-electron chi connectivity index (χ3n) is 2.96. The number of nitrogens with one attached hydrogen (secondary N) is 1. The monoisotopic (exact) mass is 237 g/mol. The Morgan fingerprint density at radius 1 is 1.50 bits per heavy atom. The number of halogens is 1. The van der Waals surface area contributed by atoms with Crippen molar-refractivity contribution >= 4 is 17.5 Å². The molecule has 2 nitrogen and oxygen atoms in total. The molecule has 0 aliphatic carbocycles. The van der Waals surface area contributed by atoms with Crippen molar-refractivity contribution in [1.82, 2.24) is 5.32 Å². The van der Waals surface area contributed by atoms with Crippen LogP contribution in [0.2, 0.25) is 0 Å². The van der Waals surface area contributed by atoms with E-state index in [1.165, 1.54) is 0 Å². The van der Waals surface area contributed by atoms with Crippen molar-refractivity contribution in [3.8, 4) is 0 Å². The summed E-state index contributed by atoms with van der Waals surface area (Å²) in [4.78, 5) is 11.7. The first-order valence-electron chi connectivity index (χ1n) is 5.77. The predicted molar refractivity (Wildman–Crippen MR) is 66.0 cm³/mol. The second-order valence-corrected chi connectivity index (χ2v) is 4.71. The van der Waals surface area contributed by atoms with Crippen molar-refractivity contribution in [3.63, 3.8) is 0 Å². The van der Waals surface area contributed by atoms with Crippen LogP contribution in [-0.4, -0.2) is 12.5 Å². The lowest BCUT2D eigenvalue weighted by Crippen LogP contribution is -2.31. The number of hydrogen-bond acceptors (Lipinski definition) is 1. The maximum absolute atomic E-state index is 11.7. The molecular formula is C13H16ClNO. The molecule has 1 atom stereocenters. The molecule has 1 aliphatic rings. The van der Waals surface area contributed by atoms with E-state index in [4.69, 9.17) is 11.6 Å². The molecule has 0 fully saturated rings. The van der Waals surface area contributed by atoms with Crippen LogP contribution in [0, 0.1) is 0 Å². The van der Waals surface area contributed by atoms with Gasteiger partial charge in [-0.3, -0.25) is 4.79 Å². The summed E-state index contributed by atoms with van der Waals surface area (Å²) < 4.78 is 0. The molecule has 0 saturated heterocycles. The first kappa shape index (κ1) is 11.5. The number of amides is 1. The number of benzene rings is 1. The Labute approximate surface area is 101 Å². The molecule has 0 bridgehead atoms. The van der Waals surface area contributed by atoms with Gasteiger partial charge in [-0.05, 0) is 30.0 Å². The van der Waals surface area contributed by atoms with Crippen molar-refractivity contribution in [2.24, 2.45) is 0 Å². The van der Waals surface area contributed by atoms with Gasteiger partial charge in [0, 0.05) is 12.1 Å². The number of carbonyl (C=O) groups excluding carboxylic acids is 1. The highest BCUT2D eigenvalue weighted by atomic mass is 35.5. The maximum atomic E-state index is 11.7. The molecule has 0 radical (unpaired) electrons. The Hall–Kier alpha value is -1.02. The zero-order valence-electron chi connectivity index (χ0n) is 9.42. The van der Waals surface area contributed by atoms with E-state index in [9.17, 15) is 4.79 Å². The third kappa shape index (κ3) is 2.22. The van der Waals surface area contributed by atoms with E-state index in [0.717, 1.165) is 42.5 Å². The first-order valence-corrected chi connectivity index (χ1v) is 6.21. The summed E-state index contributed by atoms with van der Waals surface area (Å²) in [6.07, 6.45) is 2.92. The third-order valence-corrected chi connectivity index (χ3v) is 3.43. The highest BCUT2D eigenvalue weighted by molar-refractivity contribution is 6.20. The number of fused-ring (bicyclic) bond motifs is 1. The van der Waals surface area contributed by atoms with Gasteiger partial charge in [-0.1, -0.05) is 25.5 Å². The van der Waals surface area contributed by atoms with Crippen LogP contribution < -0.4 is 5.32 Å². The molecule has 0 spiro atoms. The molecule has 1 amide bonds. The topological polar surface area (TPSA) is 29.1 Å². The summed E-state index contributed by atoms with van der Waals surface area (Å²) in [6, 6.07) is 6.02. The lowest BCUT2D eigenvalue weighted by molar-refractivity contribution is 0.0946. The lowest BCUT2D eigenvalue weighted by Gasteiger charge is -2.18. The minimum absolute atomic E-state index is 0.0185. The standard InChI is InChI=1S/C13H16ClNO/c1-2-3-12(14)10-5-4-9-6-7-15-13(16)11(9)8-10/h4-5,8,12H,2-3,6-7H2,1H3,(H,15,16). The van der Waals surface area contributed by atoms with Gasteiger partial charge in [-0.2, -0.15) is 0 Å². The molecule has 2 rings (SSSR count). The van der Waals surface area contributed by atoms with E-state index in [-0.39, 0.29) is 11.3 Å². The van der Waals surface area contributed by atoms with Crippen LogP contribution in [0.25, 0.3) is 0 Å². The van der Waals surface area contributed by atoms with Gasteiger partial charge in [0.15, 0.2) is 0 Å².